The van der Waals surface area contributed by atoms with Gasteiger partial charge in [0.2, 0.25) is 0 Å². The fraction of sp³-hybridized carbons (Fsp3) is 0.462. The van der Waals surface area contributed by atoms with Gasteiger partial charge in [0.05, 0.1) is 30.1 Å². The third kappa shape index (κ3) is 2.93. The predicted molar refractivity (Wildman–Crippen MR) is 76.3 cm³/mol. The Morgan fingerprint density at radius 3 is 2.84 bits per heavy atom. The topological polar surface area (TPSA) is 55.6 Å². The Kier molecular flexibility index (Phi) is 4.50. The molecule has 2 aromatic heterocycles. The van der Waals surface area contributed by atoms with E-state index in [4.69, 9.17) is 4.98 Å². The molecule has 6 heteroatoms. The summed E-state index contributed by atoms with van der Waals surface area (Å²) in [5, 5.41) is 3.41. The van der Waals surface area contributed by atoms with Gasteiger partial charge in [0, 0.05) is 25.7 Å². The van der Waals surface area contributed by atoms with Crippen LogP contribution < -0.4 is 5.32 Å². The lowest BCUT2D eigenvalue weighted by molar-refractivity contribution is 0.454. The second kappa shape index (κ2) is 6.12. The molecule has 0 saturated carbocycles. The minimum absolute atomic E-state index is 0. The summed E-state index contributed by atoms with van der Waals surface area (Å²) in [5.41, 5.74) is 2.99. The molecule has 1 aliphatic rings. The highest BCUT2D eigenvalue weighted by Gasteiger charge is 2.17. The molecule has 0 aliphatic carbocycles. The highest BCUT2D eigenvalue weighted by molar-refractivity contribution is 5.85. The summed E-state index contributed by atoms with van der Waals surface area (Å²) in [6.45, 7) is 2.12. The van der Waals surface area contributed by atoms with E-state index in [9.17, 15) is 0 Å². The number of nitrogens with one attached hydrogen (secondary N) is 1. The van der Waals surface area contributed by atoms with Crippen molar-refractivity contribution in [2.24, 2.45) is 7.05 Å². The van der Waals surface area contributed by atoms with Gasteiger partial charge in [-0.25, -0.2) is 9.97 Å². The molecular weight excluding hydrogens is 262 g/mol. The SMILES string of the molecule is Cl.Cn1cncc1-c1cncc(C2CCCNC2)n1. The van der Waals surface area contributed by atoms with Crippen LogP contribution in [0.2, 0.25) is 0 Å². The first-order valence-electron chi connectivity index (χ1n) is 6.34. The summed E-state index contributed by atoms with van der Waals surface area (Å²) >= 11 is 0. The van der Waals surface area contributed by atoms with Gasteiger partial charge in [0.1, 0.15) is 5.69 Å². The van der Waals surface area contributed by atoms with Crippen LogP contribution in [0.25, 0.3) is 11.4 Å². The summed E-state index contributed by atoms with van der Waals surface area (Å²) in [6.07, 6.45) is 9.70. The molecule has 1 saturated heterocycles. The molecule has 0 spiro atoms. The normalized spacial score (nSPS) is 18.9. The lowest BCUT2D eigenvalue weighted by Crippen LogP contribution is -2.29. The van der Waals surface area contributed by atoms with Gasteiger partial charge in [-0.2, -0.15) is 0 Å². The molecule has 19 heavy (non-hydrogen) atoms. The van der Waals surface area contributed by atoms with E-state index in [1.807, 2.05) is 24.0 Å². The molecule has 3 heterocycles. The standard InChI is InChI=1S/C13H17N5.ClH/c1-18-9-16-8-13(18)12-7-15-6-11(17-12)10-3-2-4-14-5-10;/h6-10,14H,2-5H2,1H3;1H. The largest absolute Gasteiger partial charge is 0.332 e. The van der Waals surface area contributed by atoms with Gasteiger partial charge in [0.25, 0.3) is 0 Å². The molecule has 1 atom stereocenters. The van der Waals surface area contributed by atoms with Crippen LogP contribution >= 0.6 is 12.4 Å². The molecule has 1 fully saturated rings. The van der Waals surface area contributed by atoms with E-state index in [2.05, 4.69) is 15.3 Å². The minimum atomic E-state index is 0. The summed E-state index contributed by atoms with van der Waals surface area (Å²) in [7, 11) is 1.97. The molecule has 5 nitrogen and oxygen atoms in total. The van der Waals surface area contributed by atoms with Crippen molar-refractivity contribution in [3.63, 3.8) is 0 Å². The maximum absolute atomic E-state index is 4.74. The van der Waals surface area contributed by atoms with Crippen molar-refractivity contribution < 1.29 is 0 Å². The van der Waals surface area contributed by atoms with E-state index in [0.29, 0.717) is 5.92 Å². The lowest BCUT2D eigenvalue weighted by atomic mass is 9.96. The Balaban J connectivity index is 0.00000133. The van der Waals surface area contributed by atoms with E-state index < -0.39 is 0 Å². The van der Waals surface area contributed by atoms with Crippen molar-refractivity contribution in [1.82, 2.24) is 24.8 Å². The average Bonchev–Trinajstić information content (AvgIpc) is 2.86. The van der Waals surface area contributed by atoms with E-state index in [0.717, 1.165) is 30.2 Å². The van der Waals surface area contributed by atoms with Crippen molar-refractivity contribution in [1.29, 1.82) is 0 Å². The van der Waals surface area contributed by atoms with Crippen LogP contribution in [0.4, 0.5) is 0 Å². The maximum atomic E-state index is 4.74. The number of hydrogen-bond donors (Lipinski definition) is 1. The van der Waals surface area contributed by atoms with E-state index >= 15 is 0 Å². The zero-order valence-electron chi connectivity index (χ0n) is 10.9. The van der Waals surface area contributed by atoms with Crippen molar-refractivity contribution >= 4 is 12.4 Å². The quantitative estimate of drug-likeness (QED) is 0.910. The number of aryl methyl sites for hydroxylation is 1. The minimum Gasteiger partial charge on any atom is -0.332 e. The van der Waals surface area contributed by atoms with Crippen molar-refractivity contribution in [3.05, 3.63) is 30.6 Å². The molecule has 1 unspecified atom stereocenters. The number of halogens is 1. The highest BCUT2D eigenvalue weighted by Crippen LogP contribution is 2.23. The van der Waals surface area contributed by atoms with Crippen molar-refractivity contribution in [3.8, 4) is 11.4 Å². The zero-order chi connectivity index (χ0) is 12.4. The Morgan fingerprint density at radius 1 is 1.26 bits per heavy atom. The van der Waals surface area contributed by atoms with E-state index in [1.165, 1.54) is 12.8 Å². The van der Waals surface area contributed by atoms with Crippen molar-refractivity contribution in [2.75, 3.05) is 13.1 Å². The van der Waals surface area contributed by atoms with Crippen molar-refractivity contribution in [2.45, 2.75) is 18.8 Å². The average molecular weight is 280 g/mol. The Hall–Kier alpha value is -1.46. The molecule has 1 aliphatic heterocycles. The van der Waals surface area contributed by atoms with Gasteiger partial charge in [-0.15, -0.1) is 12.4 Å². The number of aromatic nitrogens is 4. The Labute approximate surface area is 118 Å². The van der Waals surface area contributed by atoms with Gasteiger partial charge >= 0.3 is 0 Å². The van der Waals surface area contributed by atoms with Gasteiger partial charge in [-0.1, -0.05) is 0 Å². The molecule has 0 amide bonds. The highest BCUT2D eigenvalue weighted by atomic mass is 35.5. The smallest absolute Gasteiger partial charge is 0.107 e. The second-order valence-electron chi connectivity index (χ2n) is 4.76. The number of imidazole rings is 1. The third-order valence-corrected chi connectivity index (χ3v) is 3.45. The molecule has 0 bridgehead atoms. The zero-order valence-corrected chi connectivity index (χ0v) is 11.7. The summed E-state index contributed by atoms with van der Waals surface area (Å²) in [4.78, 5) is 13.2. The maximum Gasteiger partial charge on any atom is 0.107 e. The van der Waals surface area contributed by atoms with Crippen LogP contribution in [0.1, 0.15) is 24.5 Å². The first kappa shape index (κ1) is 14.0. The number of piperidine rings is 1. The fourth-order valence-electron chi connectivity index (χ4n) is 2.41. The van der Waals surface area contributed by atoms with E-state index in [-0.39, 0.29) is 12.4 Å². The molecular formula is C13H18ClN5. The lowest BCUT2D eigenvalue weighted by Gasteiger charge is -2.22. The molecule has 102 valence electrons. The molecule has 1 N–H and O–H groups in total. The van der Waals surface area contributed by atoms with Crippen LogP contribution in [-0.2, 0) is 7.05 Å². The first-order valence-corrected chi connectivity index (χ1v) is 6.34. The van der Waals surface area contributed by atoms with Gasteiger partial charge in [-0.3, -0.25) is 4.98 Å². The van der Waals surface area contributed by atoms with Crippen LogP contribution in [0.15, 0.2) is 24.9 Å². The molecule has 3 rings (SSSR count). The van der Waals surface area contributed by atoms with Gasteiger partial charge in [-0.05, 0) is 19.4 Å². The van der Waals surface area contributed by atoms with Gasteiger partial charge < -0.3 is 9.88 Å². The first-order chi connectivity index (χ1) is 8.84. The predicted octanol–water partition coefficient (Wildman–Crippen LogP) is 1.77. The fourth-order valence-corrected chi connectivity index (χ4v) is 2.41. The third-order valence-electron chi connectivity index (χ3n) is 3.45. The Morgan fingerprint density at radius 2 is 2.16 bits per heavy atom. The number of hydrogen-bond acceptors (Lipinski definition) is 4. The van der Waals surface area contributed by atoms with Crippen LogP contribution in [0.5, 0.6) is 0 Å². The molecule has 0 radical (unpaired) electrons. The van der Waals surface area contributed by atoms with Crippen LogP contribution in [0.3, 0.4) is 0 Å². The summed E-state index contributed by atoms with van der Waals surface area (Å²) in [6, 6.07) is 0. The molecule has 2 aromatic rings. The number of nitrogens with zero attached hydrogens (tertiary/aromatic N) is 4. The van der Waals surface area contributed by atoms with Crippen LogP contribution in [-0.4, -0.2) is 32.6 Å². The molecule has 0 aromatic carbocycles. The Bertz CT molecular complexity index is 533. The monoisotopic (exact) mass is 279 g/mol. The second-order valence-corrected chi connectivity index (χ2v) is 4.76. The van der Waals surface area contributed by atoms with Gasteiger partial charge in [0.15, 0.2) is 0 Å². The number of rotatable bonds is 2. The summed E-state index contributed by atoms with van der Waals surface area (Å²) in [5.74, 6) is 0.486. The van der Waals surface area contributed by atoms with Crippen LogP contribution in [0, 0.1) is 0 Å². The van der Waals surface area contributed by atoms with E-state index in [1.54, 1.807) is 12.5 Å². The summed E-state index contributed by atoms with van der Waals surface area (Å²) < 4.78 is 1.97.